The van der Waals surface area contributed by atoms with E-state index in [-0.39, 0.29) is 0 Å². The van der Waals surface area contributed by atoms with Crippen LogP contribution >= 0.6 is 0 Å². The van der Waals surface area contributed by atoms with Crippen molar-refractivity contribution in [1.82, 2.24) is 9.62 Å². The Kier molecular flexibility index (Phi) is 3.66. The van der Waals surface area contributed by atoms with Gasteiger partial charge < -0.3 is 4.90 Å². The Morgan fingerprint density at radius 1 is 1.62 bits per heavy atom. The van der Waals surface area contributed by atoms with Crippen LogP contribution in [0.15, 0.2) is 0 Å². The van der Waals surface area contributed by atoms with Crippen LogP contribution in [0.25, 0.3) is 0 Å². The van der Waals surface area contributed by atoms with Gasteiger partial charge in [-0.1, -0.05) is 6.92 Å². The van der Waals surface area contributed by atoms with Crippen molar-refractivity contribution in [1.29, 1.82) is 0 Å². The maximum absolute atomic E-state index is 10.6. The number of hydrogen-bond acceptors (Lipinski definition) is 3. The van der Waals surface area contributed by atoms with Gasteiger partial charge in [0.05, 0.1) is 0 Å². The Balaban J connectivity index is 2.25. The summed E-state index contributed by atoms with van der Waals surface area (Å²) in [4.78, 5) is 2.30. The normalized spacial score (nSPS) is 25.2. The Labute approximate surface area is 79.5 Å². The fourth-order valence-electron chi connectivity index (χ4n) is 1.60. The molecule has 1 heterocycles. The highest BCUT2D eigenvalue weighted by Gasteiger charge is 2.21. The molecule has 1 aliphatic heterocycles. The van der Waals surface area contributed by atoms with Crippen molar-refractivity contribution in [2.24, 2.45) is 11.1 Å². The maximum atomic E-state index is 10.6. The molecule has 1 rings (SSSR count). The first-order valence-electron chi connectivity index (χ1n) is 4.51. The molecule has 1 unspecified atom stereocenters. The number of nitrogens with one attached hydrogen (secondary N) is 1. The van der Waals surface area contributed by atoms with Gasteiger partial charge in [0.25, 0.3) is 10.2 Å². The summed E-state index contributed by atoms with van der Waals surface area (Å²) in [6, 6.07) is 0. The molecule has 0 aromatic rings. The molecule has 0 radical (unpaired) electrons. The van der Waals surface area contributed by atoms with E-state index in [1.807, 2.05) is 0 Å². The van der Waals surface area contributed by atoms with Crippen molar-refractivity contribution in [3.8, 4) is 0 Å². The van der Waals surface area contributed by atoms with E-state index in [1.165, 1.54) is 0 Å². The van der Waals surface area contributed by atoms with Crippen molar-refractivity contribution >= 4 is 10.2 Å². The van der Waals surface area contributed by atoms with Crippen molar-refractivity contribution in [2.45, 2.75) is 13.3 Å². The molecule has 78 valence electrons. The Hall–Kier alpha value is -0.170. The largest absolute Gasteiger partial charge is 0.303 e. The Morgan fingerprint density at radius 2 is 2.31 bits per heavy atom. The average molecular weight is 207 g/mol. The first kappa shape index (κ1) is 10.9. The van der Waals surface area contributed by atoms with Crippen LogP contribution in [0.5, 0.6) is 0 Å². The molecular weight excluding hydrogens is 190 g/mol. The predicted molar refractivity (Wildman–Crippen MR) is 51.3 cm³/mol. The number of hydrogen-bond donors (Lipinski definition) is 2. The summed E-state index contributed by atoms with van der Waals surface area (Å²) in [5.41, 5.74) is 0. The van der Waals surface area contributed by atoms with Crippen molar-refractivity contribution in [3.63, 3.8) is 0 Å². The maximum Gasteiger partial charge on any atom is 0.274 e. The third-order valence-corrected chi connectivity index (χ3v) is 2.96. The van der Waals surface area contributed by atoms with Gasteiger partial charge in [0.2, 0.25) is 0 Å². The van der Waals surface area contributed by atoms with Gasteiger partial charge in [-0.2, -0.15) is 8.42 Å². The summed E-state index contributed by atoms with van der Waals surface area (Å²) in [5, 5.41) is 4.83. The van der Waals surface area contributed by atoms with Crippen LogP contribution in [0.1, 0.15) is 13.3 Å². The minimum atomic E-state index is -3.50. The minimum absolute atomic E-state index is 0.415. The molecule has 0 aromatic carbocycles. The highest BCUT2D eigenvalue weighted by Crippen LogP contribution is 2.14. The van der Waals surface area contributed by atoms with Crippen LogP contribution in [0.2, 0.25) is 0 Å². The molecule has 0 saturated carbocycles. The fraction of sp³-hybridized carbons (Fsp3) is 1.00. The van der Waals surface area contributed by atoms with Gasteiger partial charge >= 0.3 is 0 Å². The van der Waals surface area contributed by atoms with E-state index < -0.39 is 10.2 Å². The molecule has 5 nitrogen and oxygen atoms in total. The van der Waals surface area contributed by atoms with Crippen molar-refractivity contribution in [3.05, 3.63) is 0 Å². The molecule has 3 N–H and O–H groups in total. The number of rotatable bonds is 4. The standard InChI is InChI=1S/C7H17N3O2S/c1-2-10-4-3-7(6-10)5-9-13(8,11)12/h7,9H,2-6H2,1H3,(H2,8,11,12). The molecule has 0 aromatic heterocycles. The van der Waals surface area contributed by atoms with Gasteiger partial charge in [0, 0.05) is 13.1 Å². The van der Waals surface area contributed by atoms with E-state index in [2.05, 4.69) is 16.5 Å². The van der Waals surface area contributed by atoms with Gasteiger partial charge in [-0.05, 0) is 25.4 Å². The quantitative estimate of drug-likeness (QED) is 0.628. The zero-order chi connectivity index (χ0) is 9.90. The second kappa shape index (κ2) is 4.36. The van der Waals surface area contributed by atoms with Crippen molar-refractivity contribution in [2.75, 3.05) is 26.2 Å². The van der Waals surface area contributed by atoms with Gasteiger partial charge in [0.1, 0.15) is 0 Å². The summed E-state index contributed by atoms with van der Waals surface area (Å²) in [6.07, 6.45) is 1.05. The zero-order valence-electron chi connectivity index (χ0n) is 7.86. The summed E-state index contributed by atoms with van der Waals surface area (Å²) in [5.74, 6) is 0.415. The minimum Gasteiger partial charge on any atom is -0.303 e. The molecule has 0 spiro atoms. The van der Waals surface area contributed by atoms with Crippen LogP contribution < -0.4 is 9.86 Å². The summed E-state index contributed by atoms with van der Waals surface area (Å²) >= 11 is 0. The second-order valence-electron chi connectivity index (χ2n) is 3.44. The van der Waals surface area contributed by atoms with Gasteiger partial charge in [-0.25, -0.2) is 9.86 Å². The first-order chi connectivity index (χ1) is 6.01. The fourth-order valence-corrected chi connectivity index (χ4v) is 2.07. The average Bonchev–Trinajstić information content (AvgIpc) is 2.47. The number of likely N-dealkylation sites (tertiary alicyclic amines) is 1. The molecule has 0 aliphatic carbocycles. The first-order valence-corrected chi connectivity index (χ1v) is 6.05. The topological polar surface area (TPSA) is 75.4 Å². The van der Waals surface area contributed by atoms with Gasteiger partial charge in [-0.15, -0.1) is 0 Å². The molecule has 6 heteroatoms. The lowest BCUT2D eigenvalue weighted by Gasteiger charge is -2.12. The molecule has 1 saturated heterocycles. The van der Waals surface area contributed by atoms with E-state index in [4.69, 9.17) is 5.14 Å². The molecular formula is C7H17N3O2S. The number of nitrogens with zero attached hydrogens (tertiary/aromatic N) is 1. The molecule has 1 aliphatic rings. The lowest BCUT2D eigenvalue weighted by molar-refractivity contribution is 0.342. The van der Waals surface area contributed by atoms with Crippen LogP contribution in [0.3, 0.4) is 0 Å². The van der Waals surface area contributed by atoms with Crippen LogP contribution in [0.4, 0.5) is 0 Å². The van der Waals surface area contributed by atoms with E-state index in [9.17, 15) is 8.42 Å². The van der Waals surface area contributed by atoms with Crippen LogP contribution in [-0.4, -0.2) is 39.5 Å². The number of nitrogens with two attached hydrogens (primary N) is 1. The summed E-state index contributed by atoms with van der Waals surface area (Å²) < 4.78 is 23.5. The van der Waals surface area contributed by atoms with E-state index in [0.717, 1.165) is 26.1 Å². The van der Waals surface area contributed by atoms with E-state index in [1.54, 1.807) is 0 Å². The van der Waals surface area contributed by atoms with Gasteiger partial charge in [0.15, 0.2) is 0 Å². The smallest absolute Gasteiger partial charge is 0.274 e. The summed E-state index contributed by atoms with van der Waals surface area (Å²) in [7, 11) is -3.50. The second-order valence-corrected chi connectivity index (χ2v) is 4.82. The summed E-state index contributed by atoms with van der Waals surface area (Å²) in [6.45, 7) is 5.64. The van der Waals surface area contributed by atoms with Gasteiger partial charge in [-0.3, -0.25) is 0 Å². The SMILES string of the molecule is CCN1CCC(CNS(N)(=O)=O)C1. The van der Waals surface area contributed by atoms with E-state index >= 15 is 0 Å². The van der Waals surface area contributed by atoms with E-state index in [0.29, 0.717) is 12.5 Å². The Bertz CT molecular complexity index is 252. The molecule has 0 bridgehead atoms. The highest BCUT2D eigenvalue weighted by atomic mass is 32.2. The molecule has 1 fully saturated rings. The Morgan fingerprint density at radius 3 is 2.77 bits per heavy atom. The van der Waals surface area contributed by atoms with Crippen molar-refractivity contribution < 1.29 is 8.42 Å². The molecule has 13 heavy (non-hydrogen) atoms. The third-order valence-electron chi connectivity index (χ3n) is 2.39. The van der Waals surface area contributed by atoms with Crippen LogP contribution in [0, 0.1) is 5.92 Å². The van der Waals surface area contributed by atoms with Crippen LogP contribution in [-0.2, 0) is 10.2 Å². The third kappa shape index (κ3) is 4.04. The highest BCUT2D eigenvalue weighted by molar-refractivity contribution is 7.87. The lowest BCUT2D eigenvalue weighted by Crippen LogP contribution is -2.35. The lowest BCUT2D eigenvalue weighted by atomic mass is 10.1. The zero-order valence-corrected chi connectivity index (χ0v) is 8.68. The monoisotopic (exact) mass is 207 g/mol. The predicted octanol–water partition coefficient (Wildman–Crippen LogP) is -0.879. The molecule has 0 amide bonds. The molecule has 1 atom stereocenters.